The maximum atomic E-state index is 11.8. The predicted molar refractivity (Wildman–Crippen MR) is 77.5 cm³/mol. The average molecular weight is 306 g/mol. The first kappa shape index (κ1) is 15.1. The van der Waals surface area contributed by atoms with Gasteiger partial charge >= 0.3 is 16.1 Å². The van der Waals surface area contributed by atoms with E-state index in [2.05, 4.69) is 4.18 Å². The van der Waals surface area contributed by atoms with E-state index in [4.69, 9.17) is 4.74 Å². The first-order valence-electron chi connectivity index (χ1n) is 6.14. The van der Waals surface area contributed by atoms with E-state index in [1.54, 1.807) is 0 Å². The van der Waals surface area contributed by atoms with Crippen LogP contribution in [0.3, 0.4) is 0 Å². The molecule has 110 valence electrons. The zero-order chi connectivity index (χ0) is 15.3. The highest BCUT2D eigenvalue weighted by Gasteiger charge is 2.09. The van der Waals surface area contributed by atoms with Gasteiger partial charge in [0, 0.05) is 0 Å². The molecule has 0 aromatic heterocycles. The normalized spacial score (nSPS) is 10.9. The molecule has 0 fully saturated rings. The summed E-state index contributed by atoms with van der Waals surface area (Å²) in [7, 11) is -3.57. The van der Waals surface area contributed by atoms with E-state index in [1.807, 2.05) is 30.3 Å². The van der Waals surface area contributed by atoms with Gasteiger partial charge in [-0.2, -0.15) is 8.42 Å². The third-order valence-corrected chi connectivity index (χ3v) is 3.05. The fourth-order valence-electron chi connectivity index (χ4n) is 1.63. The molecule has 0 saturated carbocycles. The van der Waals surface area contributed by atoms with Gasteiger partial charge < -0.3 is 8.92 Å². The second-order valence-corrected chi connectivity index (χ2v) is 5.95. The molecule has 21 heavy (non-hydrogen) atoms. The number of hydrogen-bond donors (Lipinski definition) is 0. The highest BCUT2D eigenvalue weighted by molar-refractivity contribution is 7.86. The molecule has 6 heteroatoms. The van der Waals surface area contributed by atoms with Crippen molar-refractivity contribution in [3.05, 3.63) is 65.7 Å². The Kier molecular flexibility index (Phi) is 4.59. The SMILES string of the molecule is CS(=O)(=O)Oc1ccc(C(=O)OCc2ccccc2)cc1. The Bertz CT molecular complexity index is 705. The van der Waals surface area contributed by atoms with E-state index in [-0.39, 0.29) is 12.4 Å². The number of benzene rings is 2. The Labute approximate surface area is 123 Å². The highest BCUT2D eigenvalue weighted by atomic mass is 32.2. The molecule has 0 unspecified atom stereocenters. The molecule has 0 amide bonds. The van der Waals surface area contributed by atoms with Crippen molar-refractivity contribution in [2.45, 2.75) is 6.61 Å². The third-order valence-electron chi connectivity index (χ3n) is 2.55. The van der Waals surface area contributed by atoms with E-state index < -0.39 is 16.1 Å². The predicted octanol–water partition coefficient (Wildman–Crippen LogP) is 2.38. The minimum atomic E-state index is -3.57. The summed E-state index contributed by atoms with van der Waals surface area (Å²) >= 11 is 0. The monoisotopic (exact) mass is 306 g/mol. The minimum Gasteiger partial charge on any atom is -0.457 e. The number of carbonyl (C=O) groups is 1. The average Bonchev–Trinajstić information content (AvgIpc) is 2.45. The Balaban J connectivity index is 1.97. The van der Waals surface area contributed by atoms with Crippen LogP contribution in [0.5, 0.6) is 5.75 Å². The largest absolute Gasteiger partial charge is 0.457 e. The summed E-state index contributed by atoms with van der Waals surface area (Å²) in [5.41, 5.74) is 1.22. The summed E-state index contributed by atoms with van der Waals surface area (Å²) in [6.45, 7) is 0.182. The van der Waals surface area contributed by atoms with Gasteiger partial charge in [0.1, 0.15) is 12.4 Å². The molecule has 2 aromatic rings. The van der Waals surface area contributed by atoms with Crippen molar-refractivity contribution in [2.75, 3.05) is 6.26 Å². The van der Waals surface area contributed by atoms with Crippen LogP contribution in [0.4, 0.5) is 0 Å². The van der Waals surface area contributed by atoms with Crippen molar-refractivity contribution in [1.29, 1.82) is 0 Å². The van der Waals surface area contributed by atoms with Crippen molar-refractivity contribution in [2.24, 2.45) is 0 Å². The van der Waals surface area contributed by atoms with Crippen molar-refractivity contribution in [1.82, 2.24) is 0 Å². The molecular weight excluding hydrogens is 292 g/mol. The molecule has 0 aliphatic rings. The number of hydrogen-bond acceptors (Lipinski definition) is 5. The van der Waals surface area contributed by atoms with Crippen LogP contribution < -0.4 is 4.18 Å². The van der Waals surface area contributed by atoms with E-state index >= 15 is 0 Å². The van der Waals surface area contributed by atoms with Crippen molar-refractivity contribution >= 4 is 16.1 Å². The summed E-state index contributed by atoms with van der Waals surface area (Å²) in [6, 6.07) is 15.0. The molecule has 0 atom stereocenters. The molecule has 2 rings (SSSR count). The van der Waals surface area contributed by atoms with Crippen LogP contribution >= 0.6 is 0 Å². The summed E-state index contributed by atoms with van der Waals surface area (Å²) in [4.78, 5) is 11.8. The first-order valence-corrected chi connectivity index (χ1v) is 7.96. The third kappa shape index (κ3) is 4.92. The Morgan fingerprint density at radius 3 is 2.19 bits per heavy atom. The number of esters is 1. The lowest BCUT2D eigenvalue weighted by Crippen LogP contribution is -2.07. The van der Waals surface area contributed by atoms with E-state index in [0.29, 0.717) is 5.56 Å². The van der Waals surface area contributed by atoms with Gasteiger partial charge in [-0.3, -0.25) is 0 Å². The van der Waals surface area contributed by atoms with Gasteiger partial charge in [0.2, 0.25) is 0 Å². The lowest BCUT2D eigenvalue weighted by Gasteiger charge is -2.06. The van der Waals surface area contributed by atoms with Crippen LogP contribution in [-0.4, -0.2) is 20.6 Å². The molecule has 0 heterocycles. The maximum absolute atomic E-state index is 11.8. The van der Waals surface area contributed by atoms with E-state index in [9.17, 15) is 13.2 Å². The van der Waals surface area contributed by atoms with E-state index in [1.165, 1.54) is 24.3 Å². The lowest BCUT2D eigenvalue weighted by atomic mass is 10.2. The first-order chi connectivity index (χ1) is 9.94. The topological polar surface area (TPSA) is 69.7 Å². The standard InChI is InChI=1S/C15H14O5S/c1-21(17,18)20-14-9-7-13(8-10-14)15(16)19-11-12-5-3-2-4-6-12/h2-10H,11H2,1H3. The number of carbonyl (C=O) groups excluding carboxylic acids is 1. The molecule has 0 N–H and O–H groups in total. The maximum Gasteiger partial charge on any atom is 0.338 e. The Morgan fingerprint density at radius 2 is 1.62 bits per heavy atom. The van der Waals surface area contributed by atoms with Crippen molar-refractivity contribution in [3.8, 4) is 5.75 Å². The van der Waals surface area contributed by atoms with Gasteiger partial charge in [0.05, 0.1) is 11.8 Å². The van der Waals surface area contributed by atoms with Crippen LogP contribution in [0.15, 0.2) is 54.6 Å². The fourth-order valence-corrected chi connectivity index (χ4v) is 2.09. The molecule has 0 saturated heterocycles. The number of rotatable bonds is 5. The Hall–Kier alpha value is -2.34. The molecule has 0 spiro atoms. The minimum absolute atomic E-state index is 0.150. The molecule has 0 radical (unpaired) electrons. The van der Waals surface area contributed by atoms with Crippen molar-refractivity contribution in [3.63, 3.8) is 0 Å². The molecule has 2 aromatic carbocycles. The zero-order valence-electron chi connectivity index (χ0n) is 11.4. The second kappa shape index (κ2) is 6.41. The van der Waals surface area contributed by atoms with E-state index in [0.717, 1.165) is 11.8 Å². The van der Waals surface area contributed by atoms with Crippen LogP contribution in [-0.2, 0) is 21.5 Å². The zero-order valence-corrected chi connectivity index (χ0v) is 12.2. The van der Waals surface area contributed by atoms with Crippen LogP contribution in [0.25, 0.3) is 0 Å². The quantitative estimate of drug-likeness (QED) is 0.626. The molecule has 5 nitrogen and oxygen atoms in total. The molecule has 0 aliphatic carbocycles. The van der Waals surface area contributed by atoms with Crippen molar-refractivity contribution < 1.29 is 22.1 Å². The number of ether oxygens (including phenoxy) is 1. The highest BCUT2D eigenvalue weighted by Crippen LogP contribution is 2.15. The van der Waals surface area contributed by atoms with Gasteiger partial charge in [0.15, 0.2) is 0 Å². The fraction of sp³-hybridized carbons (Fsp3) is 0.133. The van der Waals surface area contributed by atoms with Crippen LogP contribution in [0.2, 0.25) is 0 Å². The molecule has 0 aliphatic heterocycles. The summed E-state index contributed by atoms with van der Waals surface area (Å²) in [5, 5.41) is 0. The summed E-state index contributed by atoms with van der Waals surface area (Å²) < 4.78 is 31.8. The van der Waals surface area contributed by atoms with Crippen LogP contribution in [0.1, 0.15) is 15.9 Å². The smallest absolute Gasteiger partial charge is 0.338 e. The Morgan fingerprint density at radius 1 is 1.00 bits per heavy atom. The van der Waals surface area contributed by atoms with Gasteiger partial charge in [0.25, 0.3) is 0 Å². The second-order valence-electron chi connectivity index (χ2n) is 4.37. The van der Waals surface area contributed by atoms with Gasteiger partial charge in [-0.05, 0) is 29.8 Å². The lowest BCUT2D eigenvalue weighted by molar-refractivity contribution is 0.0472. The van der Waals surface area contributed by atoms with Gasteiger partial charge in [-0.25, -0.2) is 4.79 Å². The van der Waals surface area contributed by atoms with Crippen LogP contribution in [0, 0.1) is 0 Å². The summed E-state index contributed by atoms with van der Waals surface area (Å²) in [5.74, 6) is -0.332. The summed E-state index contributed by atoms with van der Waals surface area (Å²) in [6.07, 6.45) is 0.953. The van der Waals surface area contributed by atoms with Gasteiger partial charge in [-0.1, -0.05) is 30.3 Å². The van der Waals surface area contributed by atoms with Gasteiger partial charge in [-0.15, -0.1) is 0 Å². The molecule has 0 bridgehead atoms. The molecular formula is C15H14O5S.